The van der Waals surface area contributed by atoms with Gasteiger partial charge in [-0.15, -0.1) is 0 Å². The molecule has 20 heavy (non-hydrogen) atoms. The van der Waals surface area contributed by atoms with Gasteiger partial charge in [0.1, 0.15) is 0 Å². The predicted molar refractivity (Wildman–Crippen MR) is 91.0 cm³/mol. The summed E-state index contributed by atoms with van der Waals surface area (Å²) < 4.78 is 1.82. The molecule has 0 bridgehead atoms. The van der Waals surface area contributed by atoms with Gasteiger partial charge in [-0.25, -0.2) is 0 Å². The summed E-state index contributed by atoms with van der Waals surface area (Å²) in [7, 11) is 0. The highest BCUT2D eigenvalue weighted by molar-refractivity contribution is 9.12. The number of carbonyl (C=O) groups is 1. The van der Waals surface area contributed by atoms with Crippen LogP contribution in [-0.2, 0) is 0 Å². The minimum atomic E-state index is -0.0177. The van der Waals surface area contributed by atoms with E-state index in [4.69, 9.17) is 0 Å². The zero-order valence-electron chi connectivity index (χ0n) is 10.6. The molecule has 0 N–H and O–H groups in total. The van der Waals surface area contributed by atoms with Crippen LogP contribution < -0.4 is 0 Å². The van der Waals surface area contributed by atoms with Crippen LogP contribution >= 0.6 is 31.9 Å². The van der Waals surface area contributed by atoms with E-state index in [0.29, 0.717) is 5.56 Å². The number of halogens is 2. The van der Waals surface area contributed by atoms with Crippen LogP contribution in [0.2, 0.25) is 0 Å². The van der Waals surface area contributed by atoms with Crippen LogP contribution in [0.25, 0.3) is 6.08 Å². The molecule has 2 aromatic rings. The lowest BCUT2D eigenvalue weighted by atomic mass is 10.1. The first-order valence-corrected chi connectivity index (χ1v) is 7.64. The molecule has 0 amide bonds. The molecule has 0 radical (unpaired) electrons. The van der Waals surface area contributed by atoms with Gasteiger partial charge in [0.25, 0.3) is 0 Å². The maximum atomic E-state index is 12.0. The largest absolute Gasteiger partial charge is 0.289 e. The van der Waals surface area contributed by atoms with E-state index < -0.39 is 0 Å². The Bertz CT molecular complexity index is 640. The van der Waals surface area contributed by atoms with Gasteiger partial charge < -0.3 is 0 Å². The first-order chi connectivity index (χ1) is 9.65. The second kappa shape index (κ2) is 7.36. The molecular weight excluding hydrogens is 380 g/mol. The lowest BCUT2D eigenvalue weighted by Crippen LogP contribution is -1.93. The molecule has 3 heteroatoms. The highest BCUT2D eigenvalue weighted by Gasteiger charge is 2.00. The van der Waals surface area contributed by atoms with E-state index in [1.807, 2.05) is 48.5 Å². The number of benzene rings is 2. The maximum absolute atomic E-state index is 12.0. The Hall–Kier alpha value is -1.45. The van der Waals surface area contributed by atoms with Crippen molar-refractivity contribution in [3.8, 4) is 0 Å². The fourth-order valence-electron chi connectivity index (χ4n) is 1.62. The van der Waals surface area contributed by atoms with Crippen molar-refractivity contribution in [1.82, 2.24) is 0 Å². The molecule has 1 nitrogen and oxygen atoms in total. The monoisotopic (exact) mass is 390 g/mol. The van der Waals surface area contributed by atoms with Crippen LogP contribution in [0.5, 0.6) is 0 Å². The fraction of sp³-hybridized carbons (Fsp3) is 0. The number of carbonyl (C=O) groups excluding carboxylic acids is 1. The Kier molecular flexibility index (Phi) is 5.50. The van der Waals surface area contributed by atoms with E-state index >= 15 is 0 Å². The molecule has 0 atom stereocenters. The van der Waals surface area contributed by atoms with Gasteiger partial charge in [0.2, 0.25) is 0 Å². The standard InChI is InChI=1S/C17H12Br2O/c18-15-8-6-14(7-9-15)17(20)11-10-16(19)12-13-4-2-1-3-5-13/h1-12H/b11-10?,16-12+. The molecule has 0 saturated carbocycles. The van der Waals surface area contributed by atoms with Gasteiger partial charge >= 0.3 is 0 Å². The Labute approximate surface area is 135 Å². The highest BCUT2D eigenvalue weighted by Crippen LogP contribution is 2.15. The second-order valence-electron chi connectivity index (χ2n) is 4.14. The topological polar surface area (TPSA) is 17.1 Å². The number of ketones is 1. The Morgan fingerprint density at radius 2 is 1.55 bits per heavy atom. The van der Waals surface area contributed by atoms with Crippen LogP contribution in [0.4, 0.5) is 0 Å². The minimum absolute atomic E-state index is 0.0177. The van der Waals surface area contributed by atoms with E-state index in [0.717, 1.165) is 14.5 Å². The molecule has 100 valence electrons. The normalized spacial score (nSPS) is 11.8. The summed E-state index contributed by atoms with van der Waals surface area (Å²) in [6, 6.07) is 17.2. The third kappa shape index (κ3) is 4.58. The SMILES string of the molecule is O=C(C=C/C(Br)=C\c1ccccc1)c1ccc(Br)cc1. The summed E-state index contributed by atoms with van der Waals surface area (Å²) in [5.41, 5.74) is 1.75. The number of hydrogen-bond acceptors (Lipinski definition) is 1. The zero-order chi connectivity index (χ0) is 14.4. The Morgan fingerprint density at radius 1 is 0.900 bits per heavy atom. The lowest BCUT2D eigenvalue weighted by molar-refractivity contribution is 0.104. The summed E-state index contributed by atoms with van der Waals surface area (Å²) in [6.07, 6.45) is 5.29. The first-order valence-electron chi connectivity index (χ1n) is 6.05. The van der Waals surface area contributed by atoms with Crippen molar-refractivity contribution >= 4 is 43.7 Å². The lowest BCUT2D eigenvalue weighted by Gasteiger charge is -1.96. The molecule has 0 fully saturated rings. The third-order valence-corrected chi connectivity index (χ3v) is 3.65. The molecule has 0 saturated heterocycles. The average Bonchev–Trinajstić information content (AvgIpc) is 2.46. The van der Waals surface area contributed by atoms with Crippen LogP contribution in [0, 0.1) is 0 Å². The van der Waals surface area contributed by atoms with Crippen molar-refractivity contribution in [2.24, 2.45) is 0 Å². The van der Waals surface area contributed by atoms with E-state index in [1.54, 1.807) is 24.3 Å². The third-order valence-electron chi connectivity index (χ3n) is 2.63. The van der Waals surface area contributed by atoms with Crippen molar-refractivity contribution < 1.29 is 4.79 Å². The quantitative estimate of drug-likeness (QED) is 0.375. The molecular formula is C17H12Br2O. The van der Waals surface area contributed by atoms with Gasteiger partial charge in [0.15, 0.2) is 5.78 Å². The van der Waals surface area contributed by atoms with Gasteiger partial charge in [0, 0.05) is 14.5 Å². The average molecular weight is 392 g/mol. The van der Waals surface area contributed by atoms with Crippen LogP contribution in [-0.4, -0.2) is 5.78 Å². The van der Waals surface area contributed by atoms with E-state index in [2.05, 4.69) is 31.9 Å². The van der Waals surface area contributed by atoms with Gasteiger partial charge in [-0.2, -0.15) is 0 Å². The predicted octanol–water partition coefficient (Wildman–Crippen LogP) is 5.62. The number of rotatable bonds is 4. The molecule has 0 aliphatic carbocycles. The van der Waals surface area contributed by atoms with E-state index in [-0.39, 0.29) is 5.78 Å². The molecule has 0 heterocycles. The molecule has 0 aliphatic rings. The van der Waals surface area contributed by atoms with Gasteiger partial charge in [-0.1, -0.05) is 62.2 Å². The molecule has 2 rings (SSSR count). The number of allylic oxidation sites excluding steroid dienone is 3. The summed E-state index contributed by atoms with van der Waals surface area (Å²) in [5.74, 6) is -0.0177. The maximum Gasteiger partial charge on any atom is 0.185 e. The smallest absolute Gasteiger partial charge is 0.185 e. The molecule has 0 aromatic heterocycles. The minimum Gasteiger partial charge on any atom is -0.289 e. The summed E-state index contributed by atoms with van der Waals surface area (Å²) in [4.78, 5) is 12.0. The van der Waals surface area contributed by atoms with Crippen molar-refractivity contribution in [2.45, 2.75) is 0 Å². The van der Waals surface area contributed by atoms with E-state index in [9.17, 15) is 4.79 Å². The van der Waals surface area contributed by atoms with Crippen molar-refractivity contribution in [1.29, 1.82) is 0 Å². The summed E-state index contributed by atoms with van der Waals surface area (Å²) in [5, 5.41) is 0. The Morgan fingerprint density at radius 3 is 2.20 bits per heavy atom. The van der Waals surface area contributed by atoms with Gasteiger partial charge in [0.05, 0.1) is 0 Å². The van der Waals surface area contributed by atoms with Crippen molar-refractivity contribution in [3.05, 3.63) is 86.8 Å². The van der Waals surface area contributed by atoms with Gasteiger partial charge in [-0.3, -0.25) is 4.79 Å². The second-order valence-corrected chi connectivity index (χ2v) is 5.98. The molecule has 0 spiro atoms. The molecule has 0 aliphatic heterocycles. The van der Waals surface area contributed by atoms with E-state index in [1.165, 1.54) is 0 Å². The van der Waals surface area contributed by atoms with Crippen molar-refractivity contribution in [2.75, 3.05) is 0 Å². The van der Waals surface area contributed by atoms with Crippen LogP contribution in [0.1, 0.15) is 15.9 Å². The summed E-state index contributed by atoms with van der Waals surface area (Å²) >= 11 is 6.79. The summed E-state index contributed by atoms with van der Waals surface area (Å²) in [6.45, 7) is 0. The van der Waals surface area contributed by atoms with Crippen LogP contribution in [0.3, 0.4) is 0 Å². The van der Waals surface area contributed by atoms with Crippen LogP contribution in [0.15, 0.2) is 75.7 Å². The highest BCUT2D eigenvalue weighted by atomic mass is 79.9. The number of hydrogen-bond donors (Lipinski definition) is 0. The fourth-order valence-corrected chi connectivity index (χ4v) is 2.28. The first kappa shape index (κ1) is 14.9. The Balaban J connectivity index is 2.07. The zero-order valence-corrected chi connectivity index (χ0v) is 13.8. The molecule has 2 aromatic carbocycles. The van der Waals surface area contributed by atoms with Crippen molar-refractivity contribution in [3.63, 3.8) is 0 Å². The molecule has 0 unspecified atom stereocenters. The van der Waals surface area contributed by atoms with Gasteiger partial charge in [-0.05, 0) is 48.1 Å².